The lowest BCUT2D eigenvalue weighted by molar-refractivity contribution is 0.305. The van der Waals surface area contributed by atoms with Gasteiger partial charge < -0.3 is 4.74 Å². The molecule has 0 aliphatic carbocycles. The first kappa shape index (κ1) is 14.4. The molecule has 5 heteroatoms. The lowest BCUT2D eigenvalue weighted by atomic mass is 10.1. The van der Waals surface area contributed by atoms with Crippen LogP contribution in [0.25, 0.3) is 0 Å². The summed E-state index contributed by atoms with van der Waals surface area (Å²) in [6, 6.07) is 14.3. The minimum atomic E-state index is 0.237. The Hall–Kier alpha value is -2.01. The van der Waals surface area contributed by atoms with Gasteiger partial charge in [0.15, 0.2) is 0 Å². The fourth-order valence-electron chi connectivity index (χ4n) is 1.60. The molecule has 3 nitrogen and oxygen atoms in total. The van der Waals surface area contributed by atoms with Gasteiger partial charge in [0.1, 0.15) is 18.4 Å². The van der Waals surface area contributed by atoms with Gasteiger partial charge in [-0.3, -0.25) is 0 Å². The maximum absolute atomic E-state index is 9.05. The van der Waals surface area contributed by atoms with Gasteiger partial charge in [0.2, 0.25) is 0 Å². The molecule has 0 saturated heterocycles. The van der Waals surface area contributed by atoms with E-state index < -0.39 is 0 Å². The Kier molecular flexibility index (Phi) is 4.63. The van der Waals surface area contributed by atoms with Crippen LogP contribution < -0.4 is 4.74 Å². The summed E-state index contributed by atoms with van der Waals surface area (Å²) in [7, 11) is 0. The molecular weight excluding hydrogens is 340 g/mol. The van der Waals surface area contributed by atoms with Crippen molar-refractivity contribution in [3.8, 4) is 17.9 Å². The topological polar surface area (TPSA) is 56.8 Å². The van der Waals surface area contributed by atoms with E-state index >= 15 is 0 Å². The monoisotopic (exact) mass is 346 g/mol. The number of hydrogen-bond donors (Lipinski definition) is 0. The summed E-state index contributed by atoms with van der Waals surface area (Å²) in [5.41, 5.74) is 1.71. The normalized spacial score (nSPS) is 9.60. The molecule has 0 spiro atoms. The zero-order chi connectivity index (χ0) is 14.5. The Morgan fingerprint density at radius 2 is 1.90 bits per heavy atom. The molecule has 98 valence electrons. The van der Waals surface area contributed by atoms with Crippen molar-refractivity contribution in [1.29, 1.82) is 10.5 Å². The maximum Gasteiger partial charge on any atom is 0.137 e. The van der Waals surface area contributed by atoms with Gasteiger partial charge in [0, 0.05) is 15.1 Å². The van der Waals surface area contributed by atoms with Crippen molar-refractivity contribution in [2.45, 2.75) is 6.61 Å². The standard InChI is InChI=1S/C15H8BrClN2O/c16-13-3-4-15(12(6-13)8-19)20-9-11-2-1-10(7-18)5-14(11)17/h1-6H,9H2. The molecule has 0 radical (unpaired) electrons. The summed E-state index contributed by atoms with van der Waals surface area (Å²) in [5.74, 6) is 0.496. The number of nitrogens with zero attached hydrogens (tertiary/aromatic N) is 2. The van der Waals surface area contributed by atoms with Crippen LogP contribution in [0, 0.1) is 22.7 Å². The zero-order valence-electron chi connectivity index (χ0n) is 10.2. The summed E-state index contributed by atoms with van der Waals surface area (Å²) in [5, 5.41) is 18.3. The smallest absolute Gasteiger partial charge is 0.137 e. The van der Waals surface area contributed by atoms with Crippen LogP contribution >= 0.6 is 27.5 Å². The fourth-order valence-corrected chi connectivity index (χ4v) is 2.20. The first-order chi connectivity index (χ1) is 9.63. The van der Waals surface area contributed by atoms with Crippen LogP contribution in [0.15, 0.2) is 40.9 Å². The number of hydrogen-bond acceptors (Lipinski definition) is 3. The van der Waals surface area contributed by atoms with Crippen LogP contribution in [0.2, 0.25) is 5.02 Å². The number of ether oxygens (including phenoxy) is 1. The Bertz CT molecular complexity index is 732. The number of rotatable bonds is 3. The van der Waals surface area contributed by atoms with E-state index in [2.05, 4.69) is 22.0 Å². The zero-order valence-corrected chi connectivity index (χ0v) is 12.6. The highest BCUT2D eigenvalue weighted by molar-refractivity contribution is 9.10. The van der Waals surface area contributed by atoms with Crippen LogP contribution in [-0.4, -0.2) is 0 Å². The lowest BCUT2D eigenvalue weighted by Crippen LogP contribution is -1.98. The second kappa shape index (κ2) is 6.43. The van der Waals surface area contributed by atoms with Crippen molar-refractivity contribution in [3.05, 3.63) is 62.6 Å². The van der Waals surface area contributed by atoms with E-state index in [1.165, 1.54) is 0 Å². The van der Waals surface area contributed by atoms with Gasteiger partial charge in [-0.1, -0.05) is 33.6 Å². The van der Waals surface area contributed by atoms with E-state index in [9.17, 15) is 0 Å². The van der Waals surface area contributed by atoms with Gasteiger partial charge in [-0.15, -0.1) is 0 Å². The molecule has 0 fully saturated rings. The Morgan fingerprint density at radius 3 is 2.55 bits per heavy atom. The van der Waals surface area contributed by atoms with Gasteiger partial charge in [-0.2, -0.15) is 10.5 Å². The van der Waals surface area contributed by atoms with Crippen molar-refractivity contribution in [3.63, 3.8) is 0 Å². The van der Waals surface area contributed by atoms with Crippen LogP contribution in [0.1, 0.15) is 16.7 Å². The van der Waals surface area contributed by atoms with Gasteiger partial charge >= 0.3 is 0 Å². The molecular formula is C15H8BrClN2O. The van der Waals surface area contributed by atoms with Gasteiger partial charge in [-0.05, 0) is 30.3 Å². The fraction of sp³-hybridized carbons (Fsp3) is 0.0667. The lowest BCUT2D eigenvalue weighted by Gasteiger charge is -2.09. The molecule has 2 rings (SSSR count). The minimum Gasteiger partial charge on any atom is -0.487 e. The number of benzene rings is 2. The molecule has 2 aromatic rings. The van der Waals surface area contributed by atoms with E-state index in [1.807, 2.05) is 6.07 Å². The summed E-state index contributed by atoms with van der Waals surface area (Å²) in [6.07, 6.45) is 0. The Balaban J connectivity index is 2.18. The van der Waals surface area contributed by atoms with E-state index in [4.69, 9.17) is 26.9 Å². The molecule has 0 amide bonds. The Morgan fingerprint density at radius 1 is 1.10 bits per heavy atom. The average molecular weight is 348 g/mol. The quantitative estimate of drug-likeness (QED) is 0.825. The van der Waals surface area contributed by atoms with Crippen LogP contribution in [0.3, 0.4) is 0 Å². The first-order valence-corrected chi connectivity index (χ1v) is 6.82. The number of halogens is 2. The molecule has 0 atom stereocenters. The van der Waals surface area contributed by atoms with Crippen molar-refractivity contribution in [1.82, 2.24) is 0 Å². The molecule has 0 aliphatic heterocycles. The molecule has 2 aromatic carbocycles. The molecule has 0 heterocycles. The molecule has 0 aliphatic rings. The summed E-state index contributed by atoms with van der Waals surface area (Å²) < 4.78 is 6.43. The van der Waals surface area contributed by atoms with E-state index in [0.717, 1.165) is 10.0 Å². The summed E-state index contributed by atoms with van der Waals surface area (Å²) >= 11 is 9.37. The van der Waals surface area contributed by atoms with Crippen LogP contribution in [-0.2, 0) is 6.61 Å². The second-order valence-electron chi connectivity index (χ2n) is 3.96. The number of nitriles is 2. The third kappa shape index (κ3) is 3.30. The molecule has 0 saturated carbocycles. The van der Waals surface area contributed by atoms with Crippen LogP contribution in [0.5, 0.6) is 5.75 Å². The van der Waals surface area contributed by atoms with Gasteiger partial charge in [0.05, 0.1) is 17.2 Å². The van der Waals surface area contributed by atoms with Crippen molar-refractivity contribution in [2.24, 2.45) is 0 Å². The highest BCUT2D eigenvalue weighted by atomic mass is 79.9. The third-order valence-corrected chi connectivity index (χ3v) is 3.47. The predicted octanol–water partition coefficient (Wildman–Crippen LogP) is 4.42. The van der Waals surface area contributed by atoms with Crippen molar-refractivity contribution < 1.29 is 4.74 Å². The predicted molar refractivity (Wildman–Crippen MR) is 79.4 cm³/mol. The third-order valence-electron chi connectivity index (χ3n) is 2.63. The SMILES string of the molecule is N#Cc1ccc(COc2ccc(Br)cc2C#N)c(Cl)c1. The first-order valence-electron chi connectivity index (χ1n) is 5.65. The second-order valence-corrected chi connectivity index (χ2v) is 5.28. The van der Waals surface area contributed by atoms with Gasteiger partial charge in [-0.25, -0.2) is 0 Å². The molecule has 0 aromatic heterocycles. The molecule has 20 heavy (non-hydrogen) atoms. The molecule has 0 unspecified atom stereocenters. The molecule has 0 N–H and O–H groups in total. The average Bonchev–Trinajstić information content (AvgIpc) is 2.46. The largest absolute Gasteiger partial charge is 0.487 e. The molecule has 0 bridgehead atoms. The van der Waals surface area contributed by atoms with Crippen molar-refractivity contribution >= 4 is 27.5 Å². The summed E-state index contributed by atoms with van der Waals surface area (Å²) in [6.45, 7) is 0.237. The maximum atomic E-state index is 9.05. The summed E-state index contributed by atoms with van der Waals surface area (Å²) in [4.78, 5) is 0. The van der Waals surface area contributed by atoms with E-state index in [-0.39, 0.29) is 6.61 Å². The van der Waals surface area contributed by atoms with E-state index in [1.54, 1.807) is 36.4 Å². The van der Waals surface area contributed by atoms with Crippen molar-refractivity contribution in [2.75, 3.05) is 0 Å². The van der Waals surface area contributed by atoms with E-state index in [0.29, 0.717) is 21.9 Å². The Labute approximate surface area is 130 Å². The minimum absolute atomic E-state index is 0.237. The highest BCUT2D eigenvalue weighted by Crippen LogP contribution is 2.25. The van der Waals surface area contributed by atoms with Crippen LogP contribution in [0.4, 0.5) is 0 Å². The highest BCUT2D eigenvalue weighted by Gasteiger charge is 2.07. The van der Waals surface area contributed by atoms with Gasteiger partial charge in [0.25, 0.3) is 0 Å².